The molecule has 1 aliphatic rings. The van der Waals surface area contributed by atoms with E-state index in [1.165, 1.54) is 12.4 Å². The molecule has 0 radical (unpaired) electrons. The molecule has 0 aromatic carbocycles. The molecule has 0 aliphatic carbocycles. The summed E-state index contributed by atoms with van der Waals surface area (Å²) in [6.07, 6.45) is 4.56. The summed E-state index contributed by atoms with van der Waals surface area (Å²) in [6.45, 7) is 1.71. The van der Waals surface area contributed by atoms with Crippen LogP contribution in [0.25, 0.3) is 0 Å². The molecule has 0 spiro atoms. The fourth-order valence-corrected chi connectivity index (χ4v) is 3.49. The van der Waals surface area contributed by atoms with Crippen molar-refractivity contribution in [3.8, 4) is 0 Å². The van der Waals surface area contributed by atoms with E-state index in [-0.39, 0.29) is 16.8 Å². The Morgan fingerprint density at radius 2 is 2.12 bits per heavy atom. The molecular weight excluding hydrogens is 262 g/mol. The van der Waals surface area contributed by atoms with E-state index in [0.717, 1.165) is 25.9 Å². The van der Waals surface area contributed by atoms with Gasteiger partial charge >= 0.3 is 0 Å². The van der Waals surface area contributed by atoms with Gasteiger partial charge < -0.3 is 5.32 Å². The van der Waals surface area contributed by atoms with Crippen LogP contribution in [0, 0.1) is 5.92 Å². The van der Waals surface area contributed by atoms with Crippen LogP contribution in [0.5, 0.6) is 0 Å². The second-order valence-electron chi connectivity index (χ2n) is 4.18. The highest BCUT2D eigenvalue weighted by molar-refractivity contribution is 7.91. The fourth-order valence-electron chi connectivity index (χ4n) is 1.91. The van der Waals surface area contributed by atoms with Crippen molar-refractivity contribution < 1.29 is 8.42 Å². The Kier molecular flexibility index (Phi) is 3.96. The van der Waals surface area contributed by atoms with E-state index in [1.807, 2.05) is 0 Å². The largest absolute Gasteiger partial charge is 0.316 e. The van der Waals surface area contributed by atoms with Gasteiger partial charge in [-0.05, 0) is 31.8 Å². The number of halogens is 1. The van der Waals surface area contributed by atoms with E-state index in [2.05, 4.69) is 15.3 Å². The Hall–Kier alpha value is -0.720. The molecule has 0 bridgehead atoms. The topological polar surface area (TPSA) is 72.0 Å². The molecular formula is C10H14ClN3O2S. The SMILES string of the molecule is O=S(=O)(CC1CCCNC1)c1ncc(Cl)cn1. The van der Waals surface area contributed by atoms with Gasteiger partial charge in [0.2, 0.25) is 15.0 Å². The first-order chi connectivity index (χ1) is 8.08. The van der Waals surface area contributed by atoms with Gasteiger partial charge in [-0.3, -0.25) is 0 Å². The predicted molar refractivity (Wildman–Crippen MR) is 64.7 cm³/mol. The first-order valence-corrected chi connectivity index (χ1v) is 7.52. The number of aromatic nitrogens is 2. The molecule has 1 atom stereocenters. The third-order valence-electron chi connectivity index (χ3n) is 2.73. The second kappa shape index (κ2) is 5.29. The normalized spacial score (nSPS) is 21.4. The van der Waals surface area contributed by atoms with Crippen molar-refractivity contribution in [3.63, 3.8) is 0 Å². The van der Waals surface area contributed by atoms with Gasteiger partial charge in [-0.15, -0.1) is 0 Å². The molecule has 2 heterocycles. The molecule has 1 fully saturated rings. The number of hydrogen-bond donors (Lipinski definition) is 1. The van der Waals surface area contributed by atoms with Gasteiger partial charge in [-0.25, -0.2) is 18.4 Å². The molecule has 17 heavy (non-hydrogen) atoms. The summed E-state index contributed by atoms with van der Waals surface area (Å²) in [4.78, 5) is 7.53. The number of nitrogens with zero attached hydrogens (tertiary/aromatic N) is 2. The van der Waals surface area contributed by atoms with E-state index < -0.39 is 9.84 Å². The highest BCUT2D eigenvalue weighted by Gasteiger charge is 2.24. The number of hydrogen-bond acceptors (Lipinski definition) is 5. The number of nitrogens with one attached hydrogen (secondary N) is 1. The Morgan fingerprint density at radius 1 is 1.41 bits per heavy atom. The molecule has 1 unspecified atom stereocenters. The maximum absolute atomic E-state index is 12.0. The van der Waals surface area contributed by atoms with Crippen molar-refractivity contribution in [1.82, 2.24) is 15.3 Å². The van der Waals surface area contributed by atoms with Crippen LogP contribution in [0.1, 0.15) is 12.8 Å². The summed E-state index contributed by atoms with van der Waals surface area (Å²) in [7, 11) is -3.40. The second-order valence-corrected chi connectivity index (χ2v) is 6.54. The maximum Gasteiger partial charge on any atom is 0.247 e. The molecule has 1 saturated heterocycles. The lowest BCUT2D eigenvalue weighted by molar-refractivity contribution is 0.403. The van der Waals surface area contributed by atoms with Gasteiger partial charge in [0, 0.05) is 0 Å². The van der Waals surface area contributed by atoms with Crippen molar-refractivity contribution in [1.29, 1.82) is 0 Å². The summed E-state index contributed by atoms with van der Waals surface area (Å²) in [5.41, 5.74) is 0. The van der Waals surface area contributed by atoms with Crippen molar-refractivity contribution >= 4 is 21.4 Å². The van der Waals surface area contributed by atoms with Gasteiger partial charge in [0.1, 0.15) is 0 Å². The quantitative estimate of drug-likeness (QED) is 0.830. The molecule has 0 amide bonds. The van der Waals surface area contributed by atoms with Crippen LogP contribution in [0.15, 0.2) is 17.6 Å². The summed E-state index contributed by atoms with van der Waals surface area (Å²) in [5.74, 6) is 0.245. The fraction of sp³-hybridized carbons (Fsp3) is 0.600. The zero-order valence-corrected chi connectivity index (χ0v) is 10.8. The van der Waals surface area contributed by atoms with Crippen LogP contribution in [0.2, 0.25) is 5.02 Å². The standard InChI is InChI=1S/C10H14ClN3O2S/c11-9-5-13-10(14-6-9)17(15,16)7-8-2-1-3-12-4-8/h5-6,8,12H,1-4,7H2. The molecule has 1 N–H and O–H groups in total. The van der Waals surface area contributed by atoms with Crippen LogP contribution in [0.4, 0.5) is 0 Å². The van der Waals surface area contributed by atoms with Crippen molar-refractivity contribution in [2.45, 2.75) is 18.0 Å². The Bertz CT molecular complexity index is 469. The molecule has 0 saturated carbocycles. The van der Waals surface area contributed by atoms with Crippen LogP contribution < -0.4 is 5.32 Å². The molecule has 5 nitrogen and oxygen atoms in total. The van der Waals surface area contributed by atoms with E-state index in [9.17, 15) is 8.42 Å². The Labute approximate surface area is 106 Å². The third kappa shape index (κ3) is 3.37. The lowest BCUT2D eigenvalue weighted by atomic mass is 10.0. The summed E-state index contributed by atoms with van der Waals surface area (Å²) >= 11 is 5.62. The Morgan fingerprint density at radius 3 is 2.71 bits per heavy atom. The molecule has 1 aromatic rings. The highest BCUT2D eigenvalue weighted by Crippen LogP contribution is 2.16. The van der Waals surface area contributed by atoms with Crippen LogP contribution in [-0.4, -0.2) is 37.2 Å². The average Bonchev–Trinajstić information content (AvgIpc) is 2.30. The van der Waals surface area contributed by atoms with E-state index in [1.54, 1.807) is 0 Å². The summed E-state index contributed by atoms with van der Waals surface area (Å²) in [6, 6.07) is 0. The number of sulfone groups is 1. The number of piperidine rings is 1. The van der Waals surface area contributed by atoms with E-state index in [0.29, 0.717) is 5.02 Å². The maximum atomic E-state index is 12.0. The molecule has 2 rings (SSSR count). The predicted octanol–water partition coefficient (Wildman–Crippen LogP) is 0.903. The van der Waals surface area contributed by atoms with Crippen molar-refractivity contribution in [2.24, 2.45) is 5.92 Å². The number of rotatable bonds is 3. The lowest BCUT2D eigenvalue weighted by Crippen LogP contribution is -2.34. The minimum absolute atomic E-state index is 0.0988. The minimum Gasteiger partial charge on any atom is -0.316 e. The van der Waals surface area contributed by atoms with Gasteiger partial charge in [0.25, 0.3) is 0 Å². The minimum atomic E-state index is -3.40. The van der Waals surface area contributed by atoms with Crippen molar-refractivity contribution in [3.05, 3.63) is 17.4 Å². The summed E-state index contributed by atoms with van der Waals surface area (Å²) < 4.78 is 24.0. The molecule has 1 aliphatic heterocycles. The van der Waals surface area contributed by atoms with Gasteiger partial charge in [0.15, 0.2) is 0 Å². The highest BCUT2D eigenvalue weighted by atomic mass is 35.5. The van der Waals surface area contributed by atoms with Gasteiger partial charge in [0.05, 0.1) is 23.2 Å². The zero-order valence-electron chi connectivity index (χ0n) is 9.26. The van der Waals surface area contributed by atoms with Gasteiger partial charge in [-0.1, -0.05) is 11.6 Å². The van der Waals surface area contributed by atoms with Gasteiger partial charge in [-0.2, -0.15) is 0 Å². The van der Waals surface area contributed by atoms with Crippen LogP contribution in [0.3, 0.4) is 0 Å². The first-order valence-electron chi connectivity index (χ1n) is 5.49. The smallest absolute Gasteiger partial charge is 0.247 e. The summed E-state index contributed by atoms with van der Waals surface area (Å²) in [5, 5.41) is 3.40. The molecule has 1 aromatic heterocycles. The lowest BCUT2D eigenvalue weighted by Gasteiger charge is -2.21. The van der Waals surface area contributed by atoms with E-state index in [4.69, 9.17) is 11.6 Å². The zero-order chi connectivity index (χ0) is 12.3. The third-order valence-corrected chi connectivity index (χ3v) is 4.60. The van der Waals surface area contributed by atoms with Crippen LogP contribution >= 0.6 is 11.6 Å². The van der Waals surface area contributed by atoms with E-state index >= 15 is 0 Å². The molecule has 7 heteroatoms. The monoisotopic (exact) mass is 275 g/mol. The Balaban J connectivity index is 2.10. The molecule has 94 valence electrons. The van der Waals surface area contributed by atoms with Crippen molar-refractivity contribution in [2.75, 3.05) is 18.8 Å². The van der Waals surface area contributed by atoms with Crippen LogP contribution in [-0.2, 0) is 9.84 Å². The first kappa shape index (κ1) is 12.7. The average molecular weight is 276 g/mol.